The Morgan fingerprint density at radius 1 is 1.31 bits per heavy atom. The molecule has 0 radical (unpaired) electrons. The van der Waals surface area contributed by atoms with Crippen molar-refractivity contribution in [1.82, 2.24) is 14.4 Å². The predicted molar refractivity (Wildman–Crippen MR) is 99.2 cm³/mol. The number of oxazole rings is 1. The fraction of sp³-hybridized carbons (Fsp3) is 0.579. The molecule has 2 heterocycles. The van der Waals surface area contributed by atoms with Crippen molar-refractivity contribution >= 4 is 17.0 Å². The summed E-state index contributed by atoms with van der Waals surface area (Å²) in [4.78, 5) is 29.2. The van der Waals surface area contributed by atoms with Crippen LogP contribution in [-0.2, 0) is 16.1 Å². The molecular weight excluding hydrogens is 334 g/mol. The number of carbonyl (C=O) groups excluding carboxylic acids is 1. The predicted octanol–water partition coefficient (Wildman–Crippen LogP) is 1.55. The number of para-hydroxylation sites is 2. The standard InChI is InChI=1S/C19H27N3O4/c1-3-6-15-13-21(10-9-20(15)11-12-25-2)18(23)14-22-16-7-4-5-8-17(16)26-19(22)24/h4-5,7-8,15H,3,6,9-14H2,1-2H3. The Hall–Kier alpha value is -2.12. The molecule has 0 bridgehead atoms. The molecule has 2 aromatic rings. The third-order valence-corrected chi connectivity index (χ3v) is 5.03. The van der Waals surface area contributed by atoms with E-state index < -0.39 is 5.76 Å². The van der Waals surface area contributed by atoms with Gasteiger partial charge in [0.15, 0.2) is 5.58 Å². The van der Waals surface area contributed by atoms with Crippen molar-refractivity contribution in [2.75, 3.05) is 39.9 Å². The van der Waals surface area contributed by atoms with Crippen molar-refractivity contribution in [3.8, 4) is 0 Å². The SMILES string of the molecule is CCCC1CN(C(=O)Cn2c(=O)oc3ccccc32)CCN1CCOC. The number of hydrogen-bond donors (Lipinski definition) is 0. The maximum atomic E-state index is 12.8. The lowest BCUT2D eigenvalue weighted by atomic mass is 10.1. The Morgan fingerprint density at radius 2 is 2.12 bits per heavy atom. The quantitative estimate of drug-likeness (QED) is 0.749. The number of rotatable bonds is 7. The highest BCUT2D eigenvalue weighted by molar-refractivity contribution is 5.79. The minimum atomic E-state index is -0.483. The van der Waals surface area contributed by atoms with Gasteiger partial charge in [0.2, 0.25) is 5.91 Å². The van der Waals surface area contributed by atoms with Crippen LogP contribution in [0.3, 0.4) is 0 Å². The first-order chi connectivity index (χ1) is 12.6. The fourth-order valence-corrected chi connectivity index (χ4v) is 3.63. The second kappa shape index (κ2) is 8.51. The maximum absolute atomic E-state index is 12.8. The third kappa shape index (κ3) is 3.99. The molecule has 0 N–H and O–H groups in total. The van der Waals surface area contributed by atoms with Gasteiger partial charge in [-0.3, -0.25) is 14.3 Å². The van der Waals surface area contributed by atoms with E-state index >= 15 is 0 Å². The number of nitrogens with zero attached hydrogens (tertiary/aromatic N) is 3. The van der Waals surface area contributed by atoms with Crippen LogP contribution >= 0.6 is 0 Å². The van der Waals surface area contributed by atoms with Crippen LogP contribution in [0.1, 0.15) is 19.8 Å². The lowest BCUT2D eigenvalue weighted by Gasteiger charge is -2.41. The molecule has 1 atom stereocenters. The average Bonchev–Trinajstić information content (AvgIpc) is 2.96. The zero-order valence-electron chi connectivity index (χ0n) is 15.5. The zero-order valence-corrected chi connectivity index (χ0v) is 15.5. The number of benzene rings is 1. The van der Waals surface area contributed by atoms with Crippen molar-refractivity contribution in [3.05, 3.63) is 34.8 Å². The Morgan fingerprint density at radius 3 is 2.88 bits per heavy atom. The molecule has 1 amide bonds. The third-order valence-electron chi connectivity index (χ3n) is 5.03. The highest BCUT2D eigenvalue weighted by Crippen LogP contribution is 2.16. The van der Waals surface area contributed by atoms with Crippen LogP contribution in [0.25, 0.3) is 11.1 Å². The normalized spacial score (nSPS) is 18.5. The molecule has 7 heteroatoms. The van der Waals surface area contributed by atoms with E-state index in [1.165, 1.54) is 4.57 Å². The highest BCUT2D eigenvalue weighted by Gasteiger charge is 2.29. The number of aromatic nitrogens is 1. The number of fused-ring (bicyclic) bond motifs is 1. The van der Waals surface area contributed by atoms with Gasteiger partial charge in [0, 0.05) is 39.3 Å². The van der Waals surface area contributed by atoms with Crippen LogP contribution < -0.4 is 5.76 Å². The second-order valence-corrected chi connectivity index (χ2v) is 6.73. The molecule has 0 spiro atoms. The monoisotopic (exact) mass is 361 g/mol. The first-order valence-corrected chi connectivity index (χ1v) is 9.23. The van der Waals surface area contributed by atoms with E-state index in [1.54, 1.807) is 19.2 Å². The van der Waals surface area contributed by atoms with E-state index in [2.05, 4.69) is 11.8 Å². The molecular formula is C19H27N3O4. The van der Waals surface area contributed by atoms with Crippen molar-refractivity contribution in [2.45, 2.75) is 32.4 Å². The minimum Gasteiger partial charge on any atom is -0.408 e. The minimum absolute atomic E-state index is 0.0206. The smallest absolute Gasteiger partial charge is 0.408 e. The van der Waals surface area contributed by atoms with Crippen LogP contribution in [0.5, 0.6) is 0 Å². The van der Waals surface area contributed by atoms with Gasteiger partial charge in [0.05, 0.1) is 12.1 Å². The Labute approximate surface area is 153 Å². The van der Waals surface area contributed by atoms with Gasteiger partial charge in [-0.15, -0.1) is 0 Å². The maximum Gasteiger partial charge on any atom is 0.420 e. The van der Waals surface area contributed by atoms with Crippen molar-refractivity contribution in [1.29, 1.82) is 0 Å². The van der Waals surface area contributed by atoms with Crippen molar-refractivity contribution in [2.24, 2.45) is 0 Å². The molecule has 1 unspecified atom stereocenters. The van der Waals surface area contributed by atoms with Gasteiger partial charge < -0.3 is 14.1 Å². The number of hydrogen-bond acceptors (Lipinski definition) is 5. The van der Waals surface area contributed by atoms with Crippen LogP contribution in [0.15, 0.2) is 33.5 Å². The number of piperazine rings is 1. The summed E-state index contributed by atoms with van der Waals surface area (Å²) < 4.78 is 11.8. The Balaban J connectivity index is 1.69. The lowest BCUT2D eigenvalue weighted by Crippen LogP contribution is -2.56. The second-order valence-electron chi connectivity index (χ2n) is 6.73. The summed E-state index contributed by atoms with van der Waals surface area (Å²) in [5.41, 5.74) is 1.17. The lowest BCUT2D eigenvalue weighted by molar-refractivity contribution is -0.135. The molecule has 1 saturated heterocycles. The molecule has 7 nitrogen and oxygen atoms in total. The van der Waals surface area contributed by atoms with E-state index in [9.17, 15) is 9.59 Å². The molecule has 0 aliphatic carbocycles. The van der Waals surface area contributed by atoms with Gasteiger partial charge in [0.1, 0.15) is 6.54 Å². The zero-order chi connectivity index (χ0) is 18.5. The number of carbonyl (C=O) groups is 1. The van der Waals surface area contributed by atoms with Crippen LogP contribution in [0.2, 0.25) is 0 Å². The first-order valence-electron chi connectivity index (χ1n) is 9.23. The van der Waals surface area contributed by atoms with Gasteiger partial charge in [-0.1, -0.05) is 25.5 Å². The highest BCUT2D eigenvalue weighted by atomic mass is 16.5. The molecule has 0 saturated carbocycles. The molecule has 1 fully saturated rings. The van der Waals surface area contributed by atoms with Gasteiger partial charge in [-0.05, 0) is 18.6 Å². The number of methoxy groups -OCH3 is 1. The molecule has 1 aromatic carbocycles. The van der Waals surface area contributed by atoms with Gasteiger partial charge in [-0.2, -0.15) is 0 Å². The number of amides is 1. The Bertz CT molecular complexity index is 797. The molecule has 1 aliphatic heterocycles. The summed E-state index contributed by atoms with van der Waals surface area (Å²) in [7, 11) is 1.71. The van der Waals surface area contributed by atoms with Crippen molar-refractivity contribution < 1.29 is 13.9 Å². The Kier molecular flexibility index (Phi) is 6.11. The van der Waals surface area contributed by atoms with Gasteiger partial charge in [0.25, 0.3) is 0 Å². The van der Waals surface area contributed by atoms with E-state index in [-0.39, 0.29) is 12.5 Å². The van der Waals surface area contributed by atoms with Crippen LogP contribution in [0, 0.1) is 0 Å². The summed E-state index contributed by atoms with van der Waals surface area (Å²) in [6, 6.07) is 7.53. The summed E-state index contributed by atoms with van der Waals surface area (Å²) in [6.07, 6.45) is 2.12. The molecule has 1 aliphatic rings. The summed E-state index contributed by atoms with van der Waals surface area (Å²) in [5.74, 6) is -0.519. The van der Waals surface area contributed by atoms with Crippen molar-refractivity contribution in [3.63, 3.8) is 0 Å². The largest absolute Gasteiger partial charge is 0.420 e. The van der Waals surface area contributed by atoms with E-state index in [0.717, 1.165) is 25.9 Å². The number of ether oxygens (including phenoxy) is 1. The summed E-state index contributed by atoms with van der Waals surface area (Å²) >= 11 is 0. The van der Waals surface area contributed by atoms with Gasteiger partial charge in [-0.25, -0.2) is 4.79 Å². The van der Waals surface area contributed by atoms with E-state index in [1.807, 2.05) is 17.0 Å². The van der Waals surface area contributed by atoms with E-state index in [4.69, 9.17) is 9.15 Å². The van der Waals surface area contributed by atoms with Crippen LogP contribution in [0.4, 0.5) is 0 Å². The summed E-state index contributed by atoms with van der Waals surface area (Å²) in [6.45, 7) is 5.97. The molecule has 1 aromatic heterocycles. The first kappa shape index (κ1) is 18.7. The summed E-state index contributed by atoms with van der Waals surface area (Å²) in [5, 5.41) is 0. The average molecular weight is 361 g/mol. The topological polar surface area (TPSA) is 67.9 Å². The molecule has 142 valence electrons. The van der Waals surface area contributed by atoms with Crippen LogP contribution in [-0.4, -0.2) is 66.2 Å². The molecule has 26 heavy (non-hydrogen) atoms. The van der Waals surface area contributed by atoms with E-state index in [0.29, 0.717) is 36.8 Å². The molecule has 3 rings (SSSR count). The van der Waals surface area contributed by atoms with Gasteiger partial charge >= 0.3 is 5.76 Å². The fourth-order valence-electron chi connectivity index (χ4n) is 3.63.